The van der Waals surface area contributed by atoms with Gasteiger partial charge in [-0.25, -0.2) is 4.98 Å². The molecule has 0 saturated heterocycles. The van der Waals surface area contributed by atoms with Crippen LogP contribution in [-0.2, 0) is 22.5 Å². The monoisotopic (exact) mass is 281 g/mol. The maximum atomic E-state index is 11.6. The molecule has 0 saturated carbocycles. The van der Waals surface area contributed by atoms with Gasteiger partial charge in [0.05, 0.1) is 13.5 Å². The van der Waals surface area contributed by atoms with Gasteiger partial charge in [-0.05, 0) is 18.6 Å². The first-order chi connectivity index (χ1) is 10.2. The summed E-state index contributed by atoms with van der Waals surface area (Å²) in [5.74, 6) is -0.250. The van der Waals surface area contributed by atoms with Crippen LogP contribution in [0.2, 0.25) is 0 Å². The molecule has 0 radical (unpaired) electrons. The molecule has 106 valence electrons. The van der Waals surface area contributed by atoms with Crippen LogP contribution >= 0.6 is 0 Å². The highest BCUT2D eigenvalue weighted by atomic mass is 16.5. The largest absolute Gasteiger partial charge is 0.469 e. The number of benzene rings is 2. The number of aromatic nitrogens is 2. The fourth-order valence-electron chi connectivity index (χ4n) is 2.67. The van der Waals surface area contributed by atoms with Gasteiger partial charge in [0.2, 0.25) is 11.0 Å². The van der Waals surface area contributed by atoms with Gasteiger partial charge in [0, 0.05) is 12.1 Å². The summed E-state index contributed by atoms with van der Waals surface area (Å²) < 4.78 is 6.99. The number of hydrogen-bond donors (Lipinski definition) is 0. The lowest BCUT2D eigenvalue weighted by Gasteiger charge is -2.07. The van der Waals surface area contributed by atoms with Crippen molar-refractivity contribution in [2.75, 3.05) is 7.11 Å². The van der Waals surface area contributed by atoms with Gasteiger partial charge < -0.3 is 4.74 Å². The third-order valence-corrected chi connectivity index (χ3v) is 3.67. The molecule has 2 aromatic carbocycles. The summed E-state index contributed by atoms with van der Waals surface area (Å²) in [4.78, 5) is 16.3. The SMILES string of the molecule is CC[n+]1c2ccccc2nc2c(CC(=O)OC)cccc21. The first kappa shape index (κ1) is 13.5. The number of fused-ring (bicyclic) bond motifs is 2. The zero-order valence-electron chi connectivity index (χ0n) is 12.2. The van der Waals surface area contributed by atoms with Crippen LogP contribution in [-0.4, -0.2) is 18.1 Å². The second-order valence-corrected chi connectivity index (χ2v) is 4.88. The van der Waals surface area contributed by atoms with Gasteiger partial charge in [0.15, 0.2) is 0 Å². The first-order valence-corrected chi connectivity index (χ1v) is 7.01. The van der Waals surface area contributed by atoms with E-state index in [2.05, 4.69) is 17.6 Å². The van der Waals surface area contributed by atoms with Crippen molar-refractivity contribution in [3.63, 3.8) is 0 Å². The van der Waals surface area contributed by atoms with Crippen molar-refractivity contribution in [1.29, 1.82) is 0 Å². The lowest BCUT2D eigenvalue weighted by Crippen LogP contribution is -2.35. The Morgan fingerprint density at radius 3 is 2.67 bits per heavy atom. The number of aryl methyl sites for hydroxylation is 1. The number of esters is 1. The van der Waals surface area contributed by atoms with Crippen LogP contribution in [0.15, 0.2) is 42.5 Å². The third kappa shape index (κ3) is 2.33. The predicted octanol–water partition coefficient (Wildman–Crippen LogP) is 2.41. The van der Waals surface area contributed by atoms with Crippen molar-refractivity contribution in [3.05, 3.63) is 48.0 Å². The van der Waals surface area contributed by atoms with Crippen molar-refractivity contribution < 1.29 is 14.1 Å². The lowest BCUT2D eigenvalue weighted by molar-refractivity contribution is -0.641. The fourth-order valence-corrected chi connectivity index (χ4v) is 2.67. The van der Waals surface area contributed by atoms with Crippen LogP contribution in [0, 0.1) is 0 Å². The van der Waals surface area contributed by atoms with Gasteiger partial charge in [0.1, 0.15) is 17.6 Å². The second kappa shape index (κ2) is 5.48. The summed E-state index contributed by atoms with van der Waals surface area (Å²) in [5.41, 5.74) is 4.83. The molecule has 4 nitrogen and oxygen atoms in total. The Balaban J connectivity index is 2.33. The molecule has 1 aromatic heterocycles. The number of hydrogen-bond acceptors (Lipinski definition) is 3. The zero-order valence-corrected chi connectivity index (χ0v) is 12.2. The molecule has 21 heavy (non-hydrogen) atoms. The molecule has 0 aliphatic rings. The quantitative estimate of drug-likeness (QED) is 0.420. The van der Waals surface area contributed by atoms with Gasteiger partial charge in [0.25, 0.3) is 0 Å². The highest BCUT2D eigenvalue weighted by Gasteiger charge is 2.18. The molecule has 3 aromatic rings. The maximum Gasteiger partial charge on any atom is 0.310 e. The number of ether oxygens (including phenoxy) is 1. The lowest BCUT2D eigenvalue weighted by atomic mass is 10.1. The van der Waals surface area contributed by atoms with E-state index in [1.54, 1.807) is 0 Å². The van der Waals surface area contributed by atoms with E-state index >= 15 is 0 Å². The normalized spacial score (nSPS) is 11.0. The third-order valence-electron chi connectivity index (χ3n) is 3.67. The summed E-state index contributed by atoms with van der Waals surface area (Å²) >= 11 is 0. The van der Waals surface area contributed by atoms with E-state index in [1.165, 1.54) is 7.11 Å². The fraction of sp³-hybridized carbons (Fsp3) is 0.235. The van der Waals surface area contributed by atoms with Crippen LogP contribution in [0.4, 0.5) is 0 Å². The number of para-hydroxylation sites is 3. The molecule has 0 fully saturated rings. The Hall–Kier alpha value is -2.49. The van der Waals surface area contributed by atoms with Crippen LogP contribution in [0.1, 0.15) is 12.5 Å². The maximum absolute atomic E-state index is 11.6. The number of carbonyl (C=O) groups is 1. The summed E-state index contributed by atoms with van der Waals surface area (Å²) in [7, 11) is 1.41. The molecule has 0 spiro atoms. The van der Waals surface area contributed by atoms with E-state index in [4.69, 9.17) is 9.72 Å². The number of carbonyl (C=O) groups excluding carboxylic acids is 1. The standard InChI is InChI=1S/C17H17N2O2/c1-3-19-14-9-5-4-8-13(14)18-17-12(11-16(20)21-2)7-6-10-15(17)19/h4-10H,3,11H2,1-2H3/q+1. The van der Waals surface area contributed by atoms with E-state index in [0.29, 0.717) is 0 Å². The van der Waals surface area contributed by atoms with E-state index < -0.39 is 0 Å². The summed E-state index contributed by atoms with van der Waals surface area (Å²) in [6, 6.07) is 14.0. The Morgan fingerprint density at radius 1 is 1.14 bits per heavy atom. The minimum absolute atomic E-state index is 0.239. The van der Waals surface area contributed by atoms with Crippen molar-refractivity contribution in [2.24, 2.45) is 0 Å². The molecule has 3 rings (SSSR count). The van der Waals surface area contributed by atoms with E-state index in [1.807, 2.05) is 36.4 Å². The van der Waals surface area contributed by atoms with Crippen LogP contribution in [0.5, 0.6) is 0 Å². The van der Waals surface area contributed by atoms with E-state index in [9.17, 15) is 4.79 Å². The highest BCUT2D eigenvalue weighted by Crippen LogP contribution is 2.19. The van der Waals surface area contributed by atoms with E-state index in [0.717, 1.165) is 34.2 Å². The van der Waals surface area contributed by atoms with Crippen molar-refractivity contribution in [3.8, 4) is 0 Å². The first-order valence-electron chi connectivity index (χ1n) is 7.01. The van der Waals surface area contributed by atoms with Crippen LogP contribution < -0.4 is 4.57 Å². The van der Waals surface area contributed by atoms with Gasteiger partial charge in [-0.2, -0.15) is 4.57 Å². The molecule has 0 atom stereocenters. The minimum Gasteiger partial charge on any atom is -0.469 e. The van der Waals surface area contributed by atoms with Gasteiger partial charge >= 0.3 is 5.97 Å². The molecule has 0 N–H and O–H groups in total. The van der Waals surface area contributed by atoms with Crippen LogP contribution in [0.3, 0.4) is 0 Å². The molecular formula is C17H17N2O2+. The molecule has 0 bridgehead atoms. The summed E-state index contributed by atoms with van der Waals surface area (Å²) in [6.07, 6.45) is 0.239. The van der Waals surface area contributed by atoms with Crippen LogP contribution in [0.25, 0.3) is 22.1 Å². The Bertz CT molecular complexity index is 827. The number of methoxy groups -OCH3 is 1. The molecular weight excluding hydrogens is 264 g/mol. The van der Waals surface area contributed by atoms with Crippen molar-refractivity contribution in [1.82, 2.24) is 4.98 Å². The summed E-state index contributed by atoms with van der Waals surface area (Å²) in [6.45, 7) is 2.96. The number of nitrogens with zero attached hydrogens (tertiary/aromatic N) is 2. The minimum atomic E-state index is -0.250. The van der Waals surface area contributed by atoms with Gasteiger partial charge in [-0.15, -0.1) is 0 Å². The molecule has 0 amide bonds. The van der Waals surface area contributed by atoms with Gasteiger partial charge in [-0.1, -0.05) is 24.3 Å². The summed E-state index contributed by atoms with van der Waals surface area (Å²) in [5, 5.41) is 0. The molecule has 0 unspecified atom stereocenters. The Morgan fingerprint density at radius 2 is 1.90 bits per heavy atom. The molecule has 0 aliphatic carbocycles. The molecule has 1 heterocycles. The average Bonchev–Trinajstić information content (AvgIpc) is 2.53. The Kier molecular flexibility index (Phi) is 3.52. The second-order valence-electron chi connectivity index (χ2n) is 4.88. The topological polar surface area (TPSA) is 43.1 Å². The molecule has 4 heteroatoms. The van der Waals surface area contributed by atoms with Crippen molar-refractivity contribution in [2.45, 2.75) is 19.9 Å². The predicted molar refractivity (Wildman–Crippen MR) is 80.8 cm³/mol. The highest BCUT2D eigenvalue weighted by molar-refractivity contribution is 5.86. The van der Waals surface area contributed by atoms with E-state index in [-0.39, 0.29) is 12.4 Å². The van der Waals surface area contributed by atoms with Gasteiger partial charge in [-0.3, -0.25) is 4.79 Å². The number of rotatable bonds is 3. The zero-order chi connectivity index (χ0) is 14.8. The van der Waals surface area contributed by atoms with Crippen molar-refractivity contribution >= 4 is 28.0 Å². The smallest absolute Gasteiger partial charge is 0.310 e. The average molecular weight is 281 g/mol. The Labute approximate surface area is 123 Å². The molecule has 0 aliphatic heterocycles.